The van der Waals surface area contributed by atoms with Gasteiger partial charge in [-0.25, -0.2) is 8.78 Å². The molecule has 0 aliphatic heterocycles. The molecule has 0 saturated carbocycles. The maximum absolute atomic E-state index is 12.2. The summed E-state index contributed by atoms with van der Waals surface area (Å²) in [5, 5.41) is 2.76. The number of halogens is 2. The largest absolute Gasteiger partial charge is 0.307 e. The van der Waals surface area contributed by atoms with Gasteiger partial charge in [0, 0.05) is 0 Å². The minimum Gasteiger partial charge on any atom is -0.307 e. The van der Waals surface area contributed by atoms with Gasteiger partial charge in [-0.1, -0.05) is 13.8 Å². The third-order valence-corrected chi connectivity index (χ3v) is 1.80. The summed E-state index contributed by atoms with van der Waals surface area (Å²) in [6.07, 6.45) is -1.82. The molecule has 0 aliphatic carbocycles. The Balaban J connectivity index is 3.94. The Labute approximate surface area is 60.8 Å². The predicted molar refractivity (Wildman–Crippen MR) is 38.4 cm³/mol. The molecular formula is C7H15F2N. The van der Waals surface area contributed by atoms with Gasteiger partial charge in [0.2, 0.25) is 0 Å². The zero-order valence-electron chi connectivity index (χ0n) is 6.75. The summed E-state index contributed by atoms with van der Waals surface area (Å²) in [7, 11) is 0. The minimum absolute atomic E-state index is 0.457. The molecule has 0 saturated heterocycles. The Hall–Kier alpha value is -0.180. The van der Waals surface area contributed by atoms with Crippen LogP contribution < -0.4 is 5.32 Å². The Morgan fingerprint density at radius 3 is 2.00 bits per heavy atom. The summed E-state index contributed by atoms with van der Waals surface area (Å²) in [5.74, 6) is 0. The van der Waals surface area contributed by atoms with Gasteiger partial charge in [0.15, 0.2) is 0 Å². The molecule has 0 amide bonds. The van der Waals surface area contributed by atoms with Crippen molar-refractivity contribution in [1.29, 1.82) is 0 Å². The van der Waals surface area contributed by atoms with Crippen LogP contribution in [0.2, 0.25) is 0 Å². The van der Waals surface area contributed by atoms with Gasteiger partial charge in [-0.3, -0.25) is 0 Å². The van der Waals surface area contributed by atoms with Crippen molar-refractivity contribution in [3.8, 4) is 0 Å². The van der Waals surface area contributed by atoms with Crippen molar-refractivity contribution in [2.45, 2.75) is 39.2 Å². The molecule has 1 nitrogen and oxygen atoms in total. The summed E-state index contributed by atoms with van der Waals surface area (Å²) in [5.41, 5.74) is -0.991. The van der Waals surface area contributed by atoms with Gasteiger partial charge in [-0.2, -0.15) is 0 Å². The second-order valence-corrected chi connectivity index (χ2v) is 2.60. The number of alkyl halides is 2. The van der Waals surface area contributed by atoms with Crippen molar-refractivity contribution in [2.75, 3.05) is 6.54 Å². The molecule has 3 heteroatoms. The highest BCUT2D eigenvalue weighted by molar-refractivity contribution is 4.83. The van der Waals surface area contributed by atoms with E-state index in [0.717, 1.165) is 0 Å². The lowest BCUT2D eigenvalue weighted by Gasteiger charge is -2.27. The molecule has 0 aromatic carbocycles. The lowest BCUT2D eigenvalue weighted by atomic mass is 10.00. The number of nitrogens with one attached hydrogen (secondary N) is 1. The zero-order valence-corrected chi connectivity index (χ0v) is 6.75. The summed E-state index contributed by atoms with van der Waals surface area (Å²) < 4.78 is 24.4. The lowest BCUT2D eigenvalue weighted by molar-refractivity contribution is 0.0391. The molecule has 0 bridgehead atoms. The first kappa shape index (κ1) is 9.82. The van der Waals surface area contributed by atoms with Gasteiger partial charge in [0.05, 0.1) is 5.54 Å². The number of hydrogen-bond donors (Lipinski definition) is 1. The summed E-state index contributed by atoms with van der Waals surface area (Å²) in [4.78, 5) is 0. The standard InChI is InChI=1S/C7H15F2N/c1-4-7(3,6(8)9)10-5-2/h6,10H,4-5H2,1-3H3. The van der Waals surface area contributed by atoms with Crippen LogP contribution >= 0.6 is 0 Å². The molecule has 0 heterocycles. The summed E-state index contributed by atoms with van der Waals surface area (Å²) in [6, 6.07) is 0. The van der Waals surface area contributed by atoms with E-state index in [1.807, 2.05) is 6.92 Å². The van der Waals surface area contributed by atoms with E-state index in [1.165, 1.54) is 0 Å². The highest BCUT2D eigenvalue weighted by atomic mass is 19.3. The Kier molecular flexibility index (Phi) is 3.79. The van der Waals surface area contributed by atoms with Crippen molar-refractivity contribution in [2.24, 2.45) is 0 Å². The molecule has 1 N–H and O–H groups in total. The van der Waals surface area contributed by atoms with Crippen molar-refractivity contribution < 1.29 is 8.78 Å². The fourth-order valence-corrected chi connectivity index (χ4v) is 0.760. The van der Waals surface area contributed by atoms with Crippen LogP contribution in [-0.2, 0) is 0 Å². The molecular weight excluding hydrogens is 136 g/mol. The Morgan fingerprint density at radius 2 is 1.90 bits per heavy atom. The van der Waals surface area contributed by atoms with Gasteiger partial charge >= 0.3 is 0 Å². The van der Waals surface area contributed by atoms with E-state index in [1.54, 1.807) is 13.8 Å². The normalized spacial score (nSPS) is 17.4. The van der Waals surface area contributed by atoms with Crippen LogP contribution in [0, 0.1) is 0 Å². The third-order valence-electron chi connectivity index (χ3n) is 1.80. The lowest BCUT2D eigenvalue weighted by Crippen LogP contribution is -2.47. The molecule has 0 aliphatic rings. The van der Waals surface area contributed by atoms with Gasteiger partial charge < -0.3 is 5.32 Å². The van der Waals surface area contributed by atoms with E-state index in [-0.39, 0.29) is 0 Å². The first-order valence-electron chi connectivity index (χ1n) is 3.60. The van der Waals surface area contributed by atoms with E-state index < -0.39 is 12.0 Å². The molecule has 0 fully saturated rings. The summed E-state index contributed by atoms with van der Waals surface area (Å²) >= 11 is 0. The van der Waals surface area contributed by atoms with Crippen molar-refractivity contribution >= 4 is 0 Å². The topological polar surface area (TPSA) is 12.0 Å². The van der Waals surface area contributed by atoms with Crippen molar-refractivity contribution in [1.82, 2.24) is 5.32 Å². The van der Waals surface area contributed by atoms with E-state index in [9.17, 15) is 8.78 Å². The molecule has 0 aromatic heterocycles. The molecule has 0 radical (unpaired) electrons. The molecule has 0 spiro atoms. The Bertz CT molecular complexity index is 95.6. The van der Waals surface area contributed by atoms with E-state index in [4.69, 9.17) is 0 Å². The average Bonchev–Trinajstić information content (AvgIpc) is 1.88. The summed E-state index contributed by atoms with van der Waals surface area (Å²) in [6.45, 7) is 5.72. The maximum atomic E-state index is 12.2. The number of rotatable bonds is 4. The SMILES string of the molecule is CCNC(C)(CC)C(F)F. The van der Waals surface area contributed by atoms with Gasteiger partial charge in [-0.05, 0) is 19.9 Å². The van der Waals surface area contributed by atoms with Crippen molar-refractivity contribution in [3.05, 3.63) is 0 Å². The van der Waals surface area contributed by atoms with Crippen LogP contribution in [0.15, 0.2) is 0 Å². The van der Waals surface area contributed by atoms with Gasteiger partial charge in [0.25, 0.3) is 6.43 Å². The molecule has 0 aromatic rings. The maximum Gasteiger partial charge on any atom is 0.256 e. The second kappa shape index (κ2) is 3.86. The van der Waals surface area contributed by atoms with Crippen LogP contribution in [-0.4, -0.2) is 18.5 Å². The fraction of sp³-hybridized carbons (Fsp3) is 1.00. The van der Waals surface area contributed by atoms with E-state index >= 15 is 0 Å². The third kappa shape index (κ3) is 2.21. The van der Waals surface area contributed by atoms with Crippen LogP contribution in [0.1, 0.15) is 27.2 Å². The number of hydrogen-bond acceptors (Lipinski definition) is 1. The van der Waals surface area contributed by atoms with Gasteiger partial charge in [0.1, 0.15) is 0 Å². The molecule has 1 atom stereocenters. The van der Waals surface area contributed by atoms with Crippen LogP contribution in [0.4, 0.5) is 8.78 Å². The Morgan fingerprint density at radius 1 is 1.40 bits per heavy atom. The second-order valence-electron chi connectivity index (χ2n) is 2.60. The average molecular weight is 151 g/mol. The monoisotopic (exact) mass is 151 g/mol. The highest BCUT2D eigenvalue weighted by Crippen LogP contribution is 2.18. The molecule has 0 rings (SSSR count). The first-order chi connectivity index (χ1) is 4.56. The van der Waals surface area contributed by atoms with Crippen LogP contribution in [0.3, 0.4) is 0 Å². The van der Waals surface area contributed by atoms with Crippen LogP contribution in [0.25, 0.3) is 0 Å². The highest BCUT2D eigenvalue weighted by Gasteiger charge is 2.31. The smallest absolute Gasteiger partial charge is 0.256 e. The molecule has 1 unspecified atom stereocenters. The quantitative estimate of drug-likeness (QED) is 0.648. The first-order valence-corrected chi connectivity index (χ1v) is 3.60. The van der Waals surface area contributed by atoms with E-state index in [0.29, 0.717) is 13.0 Å². The van der Waals surface area contributed by atoms with Crippen molar-refractivity contribution in [3.63, 3.8) is 0 Å². The minimum atomic E-state index is -2.28. The van der Waals surface area contributed by atoms with E-state index in [2.05, 4.69) is 5.32 Å². The zero-order chi connectivity index (χ0) is 8.20. The fourth-order valence-electron chi connectivity index (χ4n) is 0.760. The van der Waals surface area contributed by atoms with Gasteiger partial charge in [-0.15, -0.1) is 0 Å². The molecule has 62 valence electrons. The molecule has 10 heavy (non-hydrogen) atoms. The van der Waals surface area contributed by atoms with Crippen LogP contribution in [0.5, 0.6) is 0 Å². The predicted octanol–water partition coefficient (Wildman–Crippen LogP) is 2.03.